The second-order valence-corrected chi connectivity index (χ2v) is 3.69. The van der Waals surface area contributed by atoms with E-state index in [2.05, 4.69) is 20.5 Å². The van der Waals surface area contributed by atoms with Gasteiger partial charge in [0.05, 0.1) is 5.69 Å². The Balaban J connectivity index is 2.24. The number of aryl methyl sites for hydroxylation is 1. The van der Waals surface area contributed by atoms with Crippen molar-refractivity contribution in [2.75, 3.05) is 5.32 Å². The fourth-order valence-corrected chi connectivity index (χ4v) is 1.48. The SMILES string of the molecule is CCc1nc(C(=O)Nc2cccc(F)c2C#N)n[nH]1. The Morgan fingerprint density at radius 3 is 3.00 bits per heavy atom. The summed E-state index contributed by atoms with van der Waals surface area (Å²) in [5.41, 5.74) is -0.127. The van der Waals surface area contributed by atoms with Gasteiger partial charge >= 0.3 is 0 Å². The predicted molar refractivity (Wildman–Crippen MR) is 64.8 cm³/mol. The Morgan fingerprint density at radius 1 is 1.58 bits per heavy atom. The van der Waals surface area contributed by atoms with Gasteiger partial charge in [-0.2, -0.15) is 5.26 Å². The molecule has 1 aromatic heterocycles. The molecule has 0 bridgehead atoms. The summed E-state index contributed by atoms with van der Waals surface area (Å²) in [4.78, 5) is 15.8. The molecule has 19 heavy (non-hydrogen) atoms. The summed E-state index contributed by atoms with van der Waals surface area (Å²) in [7, 11) is 0. The molecule has 2 N–H and O–H groups in total. The van der Waals surface area contributed by atoms with Crippen LogP contribution in [-0.4, -0.2) is 21.1 Å². The number of benzene rings is 1. The Bertz CT molecular complexity index is 658. The van der Waals surface area contributed by atoms with Crippen LogP contribution in [0.1, 0.15) is 28.9 Å². The Labute approximate surface area is 108 Å². The zero-order valence-electron chi connectivity index (χ0n) is 10.1. The number of hydrogen-bond donors (Lipinski definition) is 2. The van der Waals surface area contributed by atoms with Crippen molar-refractivity contribution in [2.45, 2.75) is 13.3 Å². The highest BCUT2D eigenvalue weighted by atomic mass is 19.1. The lowest BCUT2D eigenvalue weighted by atomic mass is 10.2. The number of carbonyl (C=O) groups excluding carboxylic acids is 1. The molecule has 0 aliphatic rings. The van der Waals surface area contributed by atoms with Crippen LogP contribution in [0.5, 0.6) is 0 Å². The third kappa shape index (κ3) is 2.57. The highest BCUT2D eigenvalue weighted by Gasteiger charge is 2.15. The lowest BCUT2D eigenvalue weighted by Gasteiger charge is -2.04. The van der Waals surface area contributed by atoms with Crippen molar-refractivity contribution in [3.8, 4) is 6.07 Å². The van der Waals surface area contributed by atoms with Crippen LogP contribution in [0, 0.1) is 17.1 Å². The topological polar surface area (TPSA) is 94.5 Å². The smallest absolute Gasteiger partial charge is 0.295 e. The molecule has 2 aromatic rings. The molecule has 0 saturated carbocycles. The quantitative estimate of drug-likeness (QED) is 0.875. The Hall–Kier alpha value is -2.75. The molecule has 0 aliphatic carbocycles. The summed E-state index contributed by atoms with van der Waals surface area (Å²) in [6.07, 6.45) is 0.615. The minimum atomic E-state index is -0.690. The van der Waals surface area contributed by atoms with Gasteiger partial charge in [-0.15, -0.1) is 5.10 Å². The van der Waals surface area contributed by atoms with Gasteiger partial charge in [-0.1, -0.05) is 13.0 Å². The van der Waals surface area contributed by atoms with Crippen LogP contribution in [-0.2, 0) is 6.42 Å². The van der Waals surface area contributed by atoms with Crippen molar-refractivity contribution < 1.29 is 9.18 Å². The number of amides is 1. The molecule has 2 rings (SSSR count). The minimum absolute atomic E-state index is 0.0509. The molecule has 96 valence electrons. The van der Waals surface area contributed by atoms with Crippen LogP contribution in [0.25, 0.3) is 0 Å². The van der Waals surface area contributed by atoms with E-state index in [4.69, 9.17) is 5.26 Å². The third-order valence-electron chi connectivity index (χ3n) is 2.44. The highest BCUT2D eigenvalue weighted by molar-refractivity contribution is 6.02. The number of rotatable bonds is 3. The maximum absolute atomic E-state index is 13.4. The number of nitrogens with zero attached hydrogens (tertiary/aromatic N) is 3. The highest BCUT2D eigenvalue weighted by Crippen LogP contribution is 2.18. The first-order valence-electron chi connectivity index (χ1n) is 5.57. The van der Waals surface area contributed by atoms with Crippen molar-refractivity contribution in [1.29, 1.82) is 5.26 Å². The molecule has 6 nitrogen and oxygen atoms in total. The normalized spacial score (nSPS) is 9.95. The monoisotopic (exact) mass is 259 g/mol. The van der Waals surface area contributed by atoms with Crippen molar-refractivity contribution >= 4 is 11.6 Å². The molecule has 0 unspecified atom stereocenters. The van der Waals surface area contributed by atoms with Crippen LogP contribution >= 0.6 is 0 Å². The van der Waals surface area contributed by atoms with E-state index in [1.807, 2.05) is 6.92 Å². The predicted octanol–water partition coefficient (Wildman–Crippen LogP) is 1.63. The second-order valence-electron chi connectivity index (χ2n) is 3.69. The van der Waals surface area contributed by atoms with Gasteiger partial charge in [0.2, 0.25) is 5.82 Å². The third-order valence-corrected chi connectivity index (χ3v) is 2.44. The van der Waals surface area contributed by atoms with E-state index in [9.17, 15) is 9.18 Å². The molecular weight excluding hydrogens is 249 g/mol. The zero-order valence-corrected chi connectivity index (χ0v) is 10.1. The summed E-state index contributed by atoms with van der Waals surface area (Å²) in [6.45, 7) is 1.86. The maximum Gasteiger partial charge on any atom is 0.295 e. The van der Waals surface area contributed by atoms with Crippen LogP contribution < -0.4 is 5.32 Å². The lowest BCUT2D eigenvalue weighted by molar-refractivity contribution is 0.101. The second kappa shape index (κ2) is 5.27. The lowest BCUT2D eigenvalue weighted by Crippen LogP contribution is -2.15. The summed E-state index contributed by atoms with van der Waals surface area (Å²) >= 11 is 0. The standard InChI is InChI=1S/C12H10FN5O/c1-2-10-16-11(18-17-10)12(19)15-9-5-3-4-8(13)7(9)6-14/h3-5H,2H2,1H3,(H,15,19)(H,16,17,18). The molecule has 1 aromatic carbocycles. The average Bonchev–Trinajstić information content (AvgIpc) is 2.88. The molecule has 0 radical (unpaired) electrons. The molecule has 0 spiro atoms. The maximum atomic E-state index is 13.4. The Kier molecular flexibility index (Phi) is 3.52. The molecule has 0 atom stereocenters. The first-order chi connectivity index (χ1) is 9.15. The summed E-state index contributed by atoms with van der Waals surface area (Å²) < 4.78 is 13.4. The molecule has 1 amide bonds. The van der Waals surface area contributed by atoms with E-state index in [0.717, 1.165) is 6.07 Å². The number of nitrogens with one attached hydrogen (secondary N) is 2. The number of carbonyl (C=O) groups is 1. The molecule has 7 heteroatoms. The fourth-order valence-electron chi connectivity index (χ4n) is 1.48. The van der Waals surface area contributed by atoms with E-state index >= 15 is 0 Å². The number of H-pyrrole nitrogens is 1. The summed E-state index contributed by atoms with van der Waals surface area (Å²) in [5, 5.41) is 17.6. The first-order valence-corrected chi connectivity index (χ1v) is 5.57. The van der Waals surface area contributed by atoms with E-state index < -0.39 is 11.7 Å². The number of aromatic amines is 1. The van der Waals surface area contributed by atoms with E-state index in [1.165, 1.54) is 12.1 Å². The molecule has 0 saturated heterocycles. The number of halogens is 1. The molecule has 0 aliphatic heterocycles. The summed E-state index contributed by atoms with van der Waals surface area (Å²) in [5.74, 6) is -0.766. The molecular formula is C12H10FN5O. The number of aromatic nitrogens is 3. The van der Waals surface area contributed by atoms with Crippen molar-refractivity contribution in [3.05, 3.63) is 41.2 Å². The average molecular weight is 259 g/mol. The van der Waals surface area contributed by atoms with Gasteiger partial charge < -0.3 is 5.32 Å². The number of hydrogen-bond acceptors (Lipinski definition) is 4. The van der Waals surface area contributed by atoms with E-state index in [1.54, 1.807) is 6.07 Å². The van der Waals surface area contributed by atoms with Gasteiger partial charge in [-0.05, 0) is 12.1 Å². The van der Waals surface area contributed by atoms with Gasteiger partial charge in [-0.3, -0.25) is 9.89 Å². The van der Waals surface area contributed by atoms with Crippen LogP contribution in [0.15, 0.2) is 18.2 Å². The van der Waals surface area contributed by atoms with Crippen LogP contribution in [0.3, 0.4) is 0 Å². The fraction of sp³-hybridized carbons (Fsp3) is 0.167. The minimum Gasteiger partial charge on any atom is -0.318 e. The number of anilines is 1. The van der Waals surface area contributed by atoms with E-state index in [-0.39, 0.29) is 17.1 Å². The van der Waals surface area contributed by atoms with Crippen molar-refractivity contribution in [1.82, 2.24) is 15.2 Å². The molecule has 1 heterocycles. The largest absolute Gasteiger partial charge is 0.318 e. The summed E-state index contributed by atoms with van der Waals surface area (Å²) in [6, 6.07) is 5.69. The van der Waals surface area contributed by atoms with Crippen molar-refractivity contribution in [2.24, 2.45) is 0 Å². The van der Waals surface area contributed by atoms with Gasteiger partial charge in [-0.25, -0.2) is 9.37 Å². The zero-order chi connectivity index (χ0) is 13.8. The molecule has 0 fully saturated rings. The van der Waals surface area contributed by atoms with E-state index in [0.29, 0.717) is 12.2 Å². The van der Waals surface area contributed by atoms with Crippen molar-refractivity contribution in [3.63, 3.8) is 0 Å². The number of nitriles is 1. The Morgan fingerprint density at radius 2 is 2.37 bits per heavy atom. The van der Waals surface area contributed by atoms with Gasteiger partial charge in [0.15, 0.2) is 0 Å². The van der Waals surface area contributed by atoms with Gasteiger partial charge in [0.1, 0.15) is 23.3 Å². The van der Waals surface area contributed by atoms with Gasteiger partial charge in [0.25, 0.3) is 5.91 Å². The first kappa shape index (κ1) is 12.7. The van der Waals surface area contributed by atoms with Crippen LogP contribution in [0.4, 0.5) is 10.1 Å². The van der Waals surface area contributed by atoms with Gasteiger partial charge in [0, 0.05) is 6.42 Å². The van der Waals surface area contributed by atoms with Crippen LogP contribution in [0.2, 0.25) is 0 Å².